The first-order valence-corrected chi connectivity index (χ1v) is 6.85. The lowest BCUT2D eigenvalue weighted by Crippen LogP contribution is -2.40. The molecule has 1 aliphatic rings. The molecule has 0 radical (unpaired) electrons. The average Bonchev–Trinajstić information content (AvgIpc) is 2.84. The van der Waals surface area contributed by atoms with Crippen molar-refractivity contribution in [1.29, 1.82) is 0 Å². The summed E-state index contributed by atoms with van der Waals surface area (Å²) in [6, 6.07) is 7.01. The summed E-state index contributed by atoms with van der Waals surface area (Å²) in [4.78, 5) is 11.8. The number of benzene rings is 1. The lowest BCUT2D eigenvalue weighted by Gasteiger charge is -2.19. The van der Waals surface area contributed by atoms with Gasteiger partial charge in [-0.1, -0.05) is 24.1 Å². The molecule has 19 heavy (non-hydrogen) atoms. The second-order valence-corrected chi connectivity index (χ2v) is 5.23. The minimum absolute atomic E-state index is 0.0327. The number of carbonyl (C=O) groups excluding carboxylic acids is 1. The Kier molecular flexibility index (Phi) is 5.05. The SMILES string of the molecule is O=C(COc1cccc(Cl)c1)NC1CCCC1CO. The highest BCUT2D eigenvalue weighted by Crippen LogP contribution is 2.25. The molecule has 0 saturated heterocycles. The molecule has 0 aromatic heterocycles. The Morgan fingerprint density at radius 2 is 2.32 bits per heavy atom. The van der Waals surface area contributed by atoms with Gasteiger partial charge in [0.25, 0.3) is 5.91 Å². The van der Waals surface area contributed by atoms with Crippen LogP contribution in [0.4, 0.5) is 0 Å². The standard InChI is InChI=1S/C14H18ClNO3/c15-11-4-2-5-12(7-11)19-9-14(18)16-13-6-1-3-10(13)8-17/h2,4-5,7,10,13,17H,1,3,6,8-9H2,(H,16,18). The summed E-state index contributed by atoms with van der Waals surface area (Å²) in [5.74, 6) is 0.591. The van der Waals surface area contributed by atoms with Gasteiger partial charge in [0.05, 0.1) is 0 Å². The van der Waals surface area contributed by atoms with E-state index in [2.05, 4.69) is 5.32 Å². The first kappa shape index (κ1) is 14.2. The van der Waals surface area contributed by atoms with Crippen molar-refractivity contribution in [1.82, 2.24) is 5.32 Å². The van der Waals surface area contributed by atoms with E-state index in [1.807, 2.05) is 0 Å². The van der Waals surface area contributed by atoms with E-state index < -0.39 is 0 Å². The molecule has 1 aliphatic carbocycles. The molecule has 0 bridgehead atoms. The van der Waals surface area contributed by atoms with Crippen molar-refractivity contribution in [3.8, 4) is 5.75 Å². The van der Waals surface area contributed by atoms with Gasteiger partial charge in [-0.3, -0.25) is 4.79 Å². The minimum atomic E-state index is -0.162. The van der Waals surface area contributed by atoms with Gasteiger partial charge < -0.3 is 15.2 Å². The summed E-state index contributed by atoms with van der Waals surface area (Å²) in [5, 5.41) is 12.7. The highest BCUT2D eigenvalue weighted by Gasteiger charge is 2.27. The third-order valence-electron chi connectivity index (χ3n) is 3.41. The molecule has 2 N–H and O–H groups in total. The van der Waals surface area contributed by atoms with Gasteiger partial charge in [-0.15, -0.1) is 0 Å². The van der Waals surface area contributed by atoms with Crippen LogP contribution in [-0.2, 0) is 4.79 Å². The molecular formula is C14H18ClNO3. The third-order valence-corrected chi connectivity index (χ3v) is 3.64. The van der Waals surface area contributed by atoms with Gasteiger partial charge in [-0.25, -0.2) is 0 Å². The number of amides is 1. The van der Waals surface area contributed by atoms with E-state index in [0.29, 0.717) is 10.8 Å². The maximum Gasteiger partial charge on any atom is 0.258 e. The van der Waals surface area contributed by atoms with Crippen molar-refractivity contribution >= 4 is 17.5 Å². The van der Waals surface area contributed by atoms with Gasteiger partial charge in [0, 0.05) is 23.6 Å². The van der Waals surface area contributed by atoms with Crippen molar-refractivity contribution in [2.75, 3.05) is 13.2 Å². The van der Waals surface area contributed by atoms with Crippen molar-refractivity contribution in [3.63, 3.8) is 0 Å². The van der Waals surface area contributed by atoms with Crippen LogP contribution >= 0.6 is 11.6 Å². The molecule has 2 atom stereocenters. The van der Waals surface area contributed by atoms with Crippen molar-refractivity contribution < 1.29 is 14.6 Å². The fourth-order valence-electron chi connectivity index (χ4n) is 2.40. The Bertz CT molecular complexity index is 438. The molecule has 1 fully saturated rings. The smallest absolute Gasteiger partial charge is 0.258 e. The molecule has 0 heterocycles. The second kappa shape index (κ2) is 6.78. The molecule has 5 heteroatoms. The van der Waals surface area contributed by atoms with E-state index >= 15 is 0 Å². The largest absolute Gasteiger partial charge is 0.484 e. The first-order chi connectivity index (χ1) is 9.19. The van der Waals surface area contributed by atoms with Crippen LogP contribution in [0.15, 0.2) is 24.3 Å². The summed E-state index contributed by atoms with van der Waals surface area (Å²) < 4.78 is 5.37. The number of hydrogen-bond donors (Lipinski definition) is 2. The normalized spacial score (nSPS) is 22.2. The van der Waals surface area contributed by atoms with Gasteiger partial charge >= 0.3 is 0 Å². The fourth-order valence-corrected chi connectivity index (χ4v) is 2.58. The van der Waals surface area contributed by atoms with E-state index in [1.165, 1.54) is 0 Å². The van der Waals surface area contributed by atoms with E-state index in [0.717, 1.165) is 19.3 Å². The maximum absolute atomic E-state index is 11.8. The van der Waals surface area contributed by atoms with Crippen LogP contribution in [0.2, 0.25) is 5.02 Å². The molecule has 1 saturated carbocycles. The lowest BCUT2D eigenvalue weighted by atomic mass is 10.1. The van der Waals surface area contributed by atoms with Crippen LogP contribution in [0.3, 0.4) is 0 Å². The zero-order chi connectivity index (χ0) is 13.7. The molecule has 1 amide bonds. The van der Waals surface area contributed by atoms with Crippen LogP contribution in [0, 0.1) is 5.92 Å². The molecule has 0 spiro atoms. The van der Waals surface area contributed by atoms with Crippen LogP contribution in [0.5, 0.6) is 5.75 Å². The summed E-state index contributed by atoms with van der Waals surface area (Å²) in [7, 11) is 0. The Morgan fingerprint density at radius 1 is 1.47 bits per heavy atom. The lowest BCUT2D eigenvalue weighted by molar-refractivity contribution is -0.124. The molecule has 0 aliphatic heterocycles. The molecule has 104 valence electrons. The second-order valence-electron chi connectivity index (χ2n) is 4.79. The Labute approximate surface area is 117 Å². The van der Waals surface area contributed by atoms with E-state index in [9.17, 15) is 9.90 Å². The van der Waals surface area contributed by atoms with Crippen molar-refractivity contribution in [2.45, 2.75) is 25.3 Å². The average molecular weight is 284 g/mol. The minimum Gasteiger partial charge on any atom is -0.484 e. The monoisotopic (exact) mass is 283 g/mol. The molecule has 4 nitrogen and oxygen atoms in total. The van der Waals surface area contributed by atoms with Crippen LogP contribution in [0.1, 0.15) is 19.3 Å². The Morgan fingerprint density at radius 3 is 3.05 bits per heavy atom. The summed E-state index contributed by atoms with van der Waals surface area (Å²) >= 11 is 5.83. The predicted molar refractivity (Wildman–Crippen MR) is 73.3 cm³/mol. The summed E-state index contributed by atoms with van der Waals surface area (Å²) in [5.41, 5.74) is 0. The van der Waals surface area contributed by atoms with Gasteiger partial charge in [-0.05, 0) is 31.0 Å². The highest BCUT2D eigenvalue weighted by atomic mass is 35.5. The topological polar surface area (TPSA) is 58.6 Å². The molecule has 2 unspecified atom stereocenters. The third kappa shape index (κ3) is 4.11. The number of halogens is 1. The maximum atomic E-state index is 11.8. The molecule has 2 rings (SSSR count). The van der Waals surface area contributed by atoms with E-state index in [-0.39, 0.29) is 31.1 Å². The Balaban J connectivity index is 1.78. The number of rotatable bonds is 5. The zero-order valence-corrected chi connectivity index (χ0v) is 11.4. The number of ether oxygens (including phenoxy) is 1. The number of aliphatic hydroxyl groups excluding tert-OH is 1. The Hall–Kier alpha value is -1.26. The van der Waals surface area contributed by atoms with Crippen LogP contribution in [-0.4, -0.2) is 30.3 Å². The van der Waals surface area contributed by atoms with E-state index in [1.54, 1.807) is 24.3 Å². The molecular weight excluding hydrogens is 266 g/mol. The number of aliphatic hydroxyl groups is 1. The quantitative estimate of drug-likeness (QED) is 0.869. The highest BCUT2D eigenvalue weighted by molar-refractivity contribution is 6.30. The van der Waals surface area contributed by atoms with Gasteiger partial charge in [-0.2, -0.15) is 0 Å². The number of hydrogen-bond acceptors (Lipinski definition) is 3. The summed E-state index contributed by atoms with van der Waals surface area (Å²) in [6.07, 6.45) is 2.94. The zero-order valence-electron chi connectivity index (χ0n) is 10.6. The fraction of sp³-hybridized carbons (Fsp3) is 0.500. The van der Waals surface area contributed by atoms with Crippen LogP contribution in [0.25, 0.3) is 0 Å². The van der Waals surface area contributed by atoms with Crippen molar-refractivity contribution in [3.05, 3.63) is 29.3 Å². The number of carbonyl (C=O) groups is 1. The predicted octanol–water partition coefficient (Wildman–Crippen LogP) is 2.00. The number of nitrogens with one attached hydrogen (secondary N) is 1. The van der Waals surface area contributed by atoms with E-state index in [4.69, 9.17) is 16.3 Å². The summed E-state index contributed by atoms with van der Waals surface area (Å²) in [6.45, 7) is 0.0923. The van der Waals surface area contributed by atoms with Crippen LogP contribution < -0.4 is 10.1 Å². The van der Waals surface area contributed by atoms with Crippen molar-refractivity contribution in [2.24, 2.45) is 5.92 Å². The van der Waals surface area contributed by atoms with Gasteiger partial charge in [0.2, 0.25) is 0 Å². The molecule has 1 aromatic rings. The van der Waals surface area contributed by atoms with Gasteiger partial charge in [0.1, 0.15) is 5.75 Å². The first-order valence-electron chi connectivity index (χ1n) is 6.47. The van der Waals surface area contributed by atoms with Gasteiger partial charge in [0.15, 0.2) is 6.61 Å². The molecule has 1 aromatic carbocycles.